The van der Waals surface area contributed by atoms with Crippen LogP contribution in [0.15, 0.2) is 18.3 Å². The minimum Gasteiger partial charge on any atom is -0.380 e. The van der Waals surface area contributed by atoms with Crippen LogP contribution in [0.5, 0.6) is 0 Å². The van der Waals surface area contributed by atoms with Crippen LogP contribution in [0.3, 0.4) is 0 Å². The number of hydrogen-bond acceptors (Lipinski definition) is 3. The molecule has 0 bridgehead atoms. The van der Waals surface area contributed by atoms with Crippen LogP contribution in [0.1, 0.15) is 17.7 Å². The maximum atomic E-state index is 13.5. The molecule has 0 saturated carbocycles. The molecule has 0 aromatic carbocycles. The van der Waals surface area contributed by atoms with E-state index in [1.165, 1.54) is 6.07 Å². The number of nitrogens with zero attached hydrogens (tertiary/aromatic N) is 1. The van der Waals surface area contributed by atoms with Crippen LogP contribution in [0.25, 0.3) is 0 Å². The second kappa shape index (κ2) is 5.83. The Labute approximate surface area is 108 Å². The van der Waals surface area contributed by atoms with Gasteiger partial charge in [0.25, 0.3) is 0 Å². The van der Waals surface area contributed by atoms with Gasteiger partial charge in [0, 0.05) is 25.8 Å². The number of alkyl halides is 4. The summed E-state index contributed by atoms with van der Waals surface area (Å²) < 4.78 is 55.6. The molecule has 0 aliphatic carbocycles. The average molecular weight is 278 g/mol. The molecular formula is C12H14F4N2O. The quantitative estimate of drug-likeness (QED) is 0.862. The molecule has 1 aliphatic rings. The molecule has 1 aromatic heterocycles. The van der Waals surface area contributed by atoms with Gasteiger partial charge in [-0.1, -0.05) is 0 Å². The van der Waals surface area contributed by atoms with Crippen molar-refractivity contribution in [2.45, 2.75) is 31.4 Å². The lowest BCUT2D eigenvalue weighted by atomic mass is 10.1. The van der Waals surface area contributed by atoms with Gasteiger partial charge in [-0.25, -0.2) is 4.39 Å². The van der Waals surface area contributed by atoms with Crippen molar-refractivity contribution in [3.05, 3.63) is 29.6 Å². The summed E-state index contributed by atoms with van der Waals surface area (Å²) in [6.45, 7) is 0.881. The second-order valence-electron chi connectivity index (χ2n) is 4.40. The van der Waals surface area contributed by atoms with Crippen molar-refractivity contribution in [3.8, 4) is 0 Å². The molecule has 3 nitrogen and oxygen atoms in total. The molecule has 1 aliphatic heterocycles. The number of hydrogen-bond donors (Lipinski definition) is 1. The van der Waals surface area contributed by atoms with E-state index in [0.717, 1.165) is 12.3 Å². The minimum absolute atomic E-state index is 0.215. The van der Waals surface area contributed by atoms with E-state index in [1.54, 1.807) is 0 Å². The number of rotatable bonds is 3. The first-order valence-corrected chi connectivity index (χ1v) is 5.94. The first-order chi connectivity index (χ1) is 8.97. The van der Waals surface area contributed by atoms with Crippen LogP contribution in [0.2, 0.25) is 0 Å². The van der Waals surface area contributed by atoms with Gasteiger partial charge in [-0.05, 0) is 12.1 Å². The van der Waals surface area contributed by atoms with E-state index in [0.29, 0.717) is 18.7 Å². The van der Waals surface area contributed by atoms with E-state index in [9.17, 15) is 17.6 Å². The predicted octanol–water partition coefficient (Wildman–Crippen LogP) is 2.32. The van der Waals surface area contributed by atoms with Gasteiger partial charge in [-0.3, -0.25) is 4.98 Å². The summed E-state index contributed by atoms with van der Waals surface area (Å²) in [6.07, 6.45) is -4.28. The number of halogens is 4. The monoisotopic (exact) mass is 278 g/mol. The average Bonchev–Trinajstić information content (AvgIpc) is 2.37. The summed E-state index contributed by atoms with van der Waals surface area (Å²) >= 11 is 0. The van der Waals surface area contributed by atoms with Crippen molar-refractivity contribution in [2.75, 3.05) is 13.2 Å². The Hall–Kier alpha value is -1.21. The number of ether oxygens (including phenoxy) is 1. The summed E-state index contributed by atoms with van der Waals surface area (Å²) in [6, 6.07) is 1.82. The van der Waals surface area contributed by atoms with E-state index in [1.807, 2.05) is 0 Å². The SMILES string of the molecule is F[C@@H]1CCOC[C@H]1NCc1ccc(C(F)(F)F)cn1. The molecule has 1 fully saturated rings. The highest BCUT2D eigenvalue weighted by atomic mass is 19.4. The lowest BCUT2D eigenvalue weighted by Gasteiger charge is -2.26. The van der Waals surface area contributed by atoms with Gasteiger partial charge >= 0.3 is 6.18 Å². The fraction of sp³-hybridized carbons (Fsp3) is 0.583. The Morgan fingerprint density at radius 2 is 2.16 bits per heavy atom. The van der Waals surface area contributed by atoms with Crippen molar-refractivity contribution >= 4 is 0 Å². The summed E-state index contributed by atoms with van der Waals surface area (Å²) in [4.78, 5) is 3.71. The van der Waals surface area contributed by atoms with Gasteiger partial charge in [-0.2, -0.15) is 13.2 Å². The van der Waals surface area contributed by atoms with E-state index in [-0.39, 0.29) is 13.2 Å². The third-order valence-electron chi connectivity index (χ3n) is 2.97. The van der Waals surface area contributed by atoms with Crippen LogP contribution in [0.4, 0.5) is 17.6 Å². The minimum atomic E-state index is -4.39. The maximum Gasteiger partial charge on any atom is 0.417 e. The van der Waals surface area contributed by atoms with Crippen LogP contribution in [-0.2, 0) is 17.5 Å². The molecule has 1 aromatic rings. The van der Waals surface area contributed by atoms with Crippen LogP contribution in [0, 0.1) is 0 Å². The highest BCUT2D eigenvalue weighted by Gasteiger charge is 2.30. The molecule has 0 unspecified atom stereocenters. The lowest BCUT2D eigenvalue weighted by Crippen LogP contribution is -2.44. The van der Waals surface area contributed by atoms with Crippen molar-refractivity contribution in [2.24, 2.45) is 0 Å². The summed E-state index contributed by atoms with van der Waals surface area (Å²) in [5, 5.41) is 2.90. The molecule has 7 heteroatoms. The predicted molar refractivity (Wildman–Crippen MR) is 60.2 cm³/mol. The first-order valence-electron chi connectivity index (χ1n) is 5.94. The molecule has 0 spiro atoms. The van der Waals surface area contributed by atoms with Gasteiger partial charge in [0.05, 0.1) is 23.9 Å². The molecule has 0 radical (unpaired) electrons. The molecule has 2 atom stereocenters. The smallest absolute Gasteiger partial charge is 0.380 e. The van der Waals surface area contributed by atoms with Crippen molar-refractivity contribution < 1.29 is 22.3 Å². The molecular weight excluding hydrogens is 264 g/mol. The van der Waals surface area contributed by atoms with Crippen LogP contribution < -0.4 is 5.32 Å². The largest absolute Gasteiger partial charge is 0.417 e. The summed E-state index contributed by atoms with van der Waals surface area (Å²) in [5.41, 5.74) is -0.355. The van der Waals surface area contributed by atoms with Gasteiger partial charge in [0.1, 0.15) is 6.17 Å². The Kier molecular flexibility index (Phi) is 4.36. The van der Waals surface area contributed by atoms with Crippen molar-refractivity contribution in [1.29, 1.82) is 0 Å². The number of aromatic nitrogens is 1. The number of nitrogens with one attached hydrogen (secondary N) is 1. The van der Waals surface area contributed by atoms with E-state index in [4.69, 9.17) is 4.74 Å². The van der Waals surface area contributed by atoms with Crippen molar-refractivity contribution in [3.63, 3.8) is 0 Å². The van der Waals surface area contributed by atoms with E-state index in [2.05, 4.69) is 10.3 Å². The molecule has 1 N–H and O–H groups in total. The lowest BCUT2D eigenvalue weighted by molar-refractivity contribution is -0.137. The topological polar surface area (TPSA) is 34.1 Å². The molecule has 0 amide bonds. The highest BCUT2D eigenvalue weighted by Crippen LogP contribution is 2.28. The van der Waals surface area contributed by atoms with Crippen LogP contribution >= 0.6 is 0 Å². The van der Waals surface area contributed by atoms with E-state index < -0.39 is 24.0 Å². The Balaban J connectivity index is 1.89. The van der Waals surface area contributed by atoms with Crippen LogP contribution in [-0.4, -0.2) is 30.4 Å². The summed E-state index contributed by atoms with van der Waals surface area (Å²) in [5.74, 6) is 0. The highest BCUT2D eigenvalue weighted by molar-refractivity contribution is 5.16. The number of pyridine rings is 1. The Morgan fingerprint density at radius 1 is 1.37 bits per heavy atom. The van der Waals surface area contributed by atoms with Gasteiger partial charge in [0.15, 0.2) is 0 Å². The zero-order valence-electron chi connectivity index (χ0n) is 10.1. The molecule has 106 valence electrons. The molecule has 2 heterocycles. The molecule has 1 saturated heterocycles. The second-order valence-corrected chi connectivity index (χ2v) is 4.40. The van der Waals surface area contributed by atoms with Crippen molar-refractivity contribution in [1.82, 2.24) is 10.3 Å². The van der Waals surface area contributed by atoms with Gasteiger partial charge in [-0.15, -0.1) is 0 Å². The van der Waals surface area contributed by atoms with E-state index >= 15 is 0 Å². The zero-order chi connectivity index (χ0) is 13.9. The maximum absolute atomic E-state index is 13.5. The third kappa shape index (κ3) is 3.87. The molecule has 19 heavy (non-hydrogen) atoms. The van der Waals surface area contributed by atoms with Gasteiger partial charge < -0.3 is 10.1 Å². The normalized spacial score (nSPS) is 24.4. The third-order valence-corrected chi connectivity index (χ3v) is 2.97. The van der Waals surface area contributed by atoms with Gasteiger partial charge in [0.2, 0.25) is 0 Å². The Morgan fingerprint density at radius 3 is 2.74 bits per heavy atom. The fourth-order valence-electron chi connectivity index (χ4n) is 1.83. The molecule has 2 rings (SSSR count). The standard InChI is InChI=1S/C12H14F4N2O/c13-10-3-4-19-7-11(10)18-6-9-2-1-8(5-17-9)12(14,15)16/h1-2,5,10-11,18H,3-4,6-7H2/t10-,11-/m1/s1. The first kappa shape index (κ1) is 14.2. The zero-order valence-corrected chi connectivity index (χ0v) is 10.1. The fourth-order valence-corrected chi connectivity index (χ4v) is 1.83. The Bertz CT molecular complexity index is 407. The summed E-state index contributed by atoms with van der Waals surface area (Å²) in [7, 11) is 0.